The molecular formula is C35H46N2O4. The van der Waals surface area contributed by atoms with E-state index in [1.54, 1.807) is 18.2 Å². The van der Waals surface area contributed by atoms with Crippen LogP contribution in [0.25, 0.3) is 22.6 Å². The summed E-state index contributed by atoms with van der Waals surface area (Å²) < 4.78 is 6.05. The number of fused-ring (bicyclic) bond motifs is 1. The molecule has 0 aliphatic carbocycles. The molecule has 4 aromatic rings. The van der Waals surface area contributed by atoms with Gasteiger partial charge >= 0.3 is 0 Å². The molecule has 1 N–H and O–H groups in total. The first-order chi connectivity index (χ1) is 18.6. The summed E-state index contributed by atoms with van der Waals surface area (Å²) in [4.78, 5) is 15.6. The molecule has 0 saturated heterocycles. The number of hydrogen-bond acceptors (Lipinski definition) is 5. The van der Waals surface area contributed by atoms with E-state index in [0.29, 0.717) is 16.9 Å². The Morgan fingerprint density at radius 2 is 1.20 bits per heavy atom. The minimum atomic E-state index is -0.407. The van der Waals surface area contributed by atoms with Gasteiger partial charge in [0.2, 0.25) is 5.89 Å². The van der Waals surface area contributed by atoms with Crippen LogP contribution in [0.5, 0.6) is 5.75 Å². The lowest BCUT2D eigenvalue weighted by atomic mass is 9.80. The Labute approximate surface area is 245 Å². The molecule has 3 aromatic carbocycles. The van der Waals surface area contributed by atoms with E-state index < -0.39 is 4.92 Å². The Bertz CT molecular complexity index is 1520. The maximum Gasteiger partial charge on any atom is 0.282 e. The number of nitro groups is 1. The summed E-state index contributed by atoms with van der Waals surface area (Å²) in [7, 11) is 0. The summed E-state index contributed by atoms with van der Waals surface area (Å²) >= 11 is 0. The van der Waals surface area contributed by atoms with Gasteiger partial charge in [0.1, 0.15) is 16.8 Å². The van der Waals surface area contributed by atoms with Gasteiger partial charge in [-0.3, -0.25) is 10.1 Å². The normalized spacial score (nSPS) is 12.7. The van der Waals surface area contributed by atoms with Crippen molar-refractivity contribution < 1.29 is 14.4 Å². The van der Waals surface area contributed by atoms with Crippen molar-refractivity contribution in [1.82, 2.24) is 4.98 Å². The maximum atomic E-state index is 11.4. The van der Waals surface area contributed by atoms with Crippen LogP contribution in [0.2, 0.25) is 0 Å². The molecule has 0 atom stereocenters. The van der Waals surface area contributed by atoms with E-state index in [9.17, 15) is 15.2 Å². The highest BCUT2D eigenvalue weighted by Crippen LogP contribution is 2.39. The lowest BCUT2D eigenvalue weighted by molar-refractivity contribution is -0.384. The standard InChI is InChI=1S/C21H24N2O3.C14H22O/c1-20(2,3)13-11-15(21(4,5)6)18-16(12-13)22-19(26-18)14-9-7-8-10-17(14)23(24)25;1-13(2,3)10-7-11(14(4,5)6)9-12(15)8-10/h7-12H,1-6H3;7-9,15H,1-6H3. The molecule has 220 valence electrons. The fourth-order valence-corrected chi connectivity index (χ4v) is 4.43. The molecule has 6 nitrogen and oxygen atoms in total. The summed E-state index contributed by atoms with van der Waals surface area (Å²) in [5.74, 6) is 0.649. The average molecular weight is 559 g/mol. The molecule has 0 saturated carbocycles. The molecule has 1 aromatic heterocycles. The molecule has 41 heavy (non-hydrogen) atoms. The second-order valence-corrected chi connectivity index (χ2v) is 14.9. The van der Waals surface area contributed by atoms with Gasteiger partial charge in [-0.25, -0.2) is 4.98 Å². The smallest absolute Gasteiger partial charge is 0.282 e. The van der Waals surface area contributed by atoms with Crippen molar-refractivity contribution in [2.75, 3.05) is 0 Å². The van der Waals surface area contributed by atoms with Crippen LogP contribution in [0.4, 0.5) is 5.69 Å². The second kappa shape index (κ2) is 11.0. The predicted molar refractivity (Wildman–Crippen MR) is 169 cm³/mol. The molecule has 0 aliphatic heterocycles. The van der Waals surface area contributed by atoms with Crippen LogP contribution in [0, 0.1) is 10.1 Å². The SMILES string of the molecule is CC(C)(C)c1cc(C(C)(C)C)c2oc(-c3ccccc3[N+](=O)[O-])nc2c1.CC(C)(C)c1cc(O)cc(C(C)(C)C)c1. The van der Waals surface area contributed by atoms with Crippen molar-refractivity contribution in [3.05, 3.63) is 87.0 Å². The summed E-state index contributed by atoms with van der Waals surface area (Å²) in [6.07, 6.45) is 0. The fraction of sp³-hybridized carbons (Fsp3) is 0.457. The molecule has 0 amide bonds. The zero-order chi connectivity index (χ0) is 31.1. The average Bonchev–Trinajstić information content (AvgIpc) is 3.25. The first-order valence-corrected chi connectivity index (χ1v) is 14.1. The van der Waals surface area contributed by atoms with Crippen molar-refractivity contribution in [3.8, 4) is 17.2 Å². The van der Waals surface area contributed by atoms with Gasteiger partial charge < -0.3 is 9.52 Å². The summed E-state index contributed by atoms with van der Waals surface area (Å²) in [5.41, 5.74) is 6.39. The number of rotatable bonds is 2. The maximum absolute atomic E-state index is 11.4. The molecular weight excluding hydrogens is 512 g/mol. The van der Waals surface area contributed by atoms with Crippen LogP contribution >= 0.6 is 0 Å². The summed E-state index contributed by atoms with van der Waals surface area (Å²) in [5, 5.41) is 21.1. The number of phenols is 1. The van der Waals surface area contributed by atoms with E-state index in [1.807, 2.05) is 18.2 Å². The van der Waals surface area contributed by atoms with E-state index in [2.05, 4.69) is 100 Å². The molecule has 0 aliphatic rings. The Morgan fingerprint density at radius 3 is 1.66 bits per heavy atom. The van der Waals surface area contributed by atoms with Gasteiger partial charge in [-0.2, -0.15) is 0 Å². The van der Waals surface area contributed by atoms with E-state index in [1.165, 1.54) is 17.2 Å². The monoisotopic (exact) mass is 558 g/mol. The van der Waals surface area contributed by atoms with Crippen LogP contribution in [-0.2, 0) is 21.7 Å². The van der Waals surface area contributed by atoms with Gasteiger partial charge in [-0.1, -0.05) is 107 Å². The van der Waals surface area contributed by atoms with Crippen LogP contribution < -0.4 is 0 Å². The zero-order valence-electron chi connectivity index (χ0n) is 26.8. The highest BCUT2D eigenvalue weighted by molar-refractivity contribution is 5.83. The van der Waals surface area contributed by atoms with Crippen LogP contribution in [0.3, 0.4) is 0 Å². The number of phenolic OH excluding ortho intramolecular Hbond substituents is 1. The highest BCUT2D eigenvalue weighted by Gasteiger charge is 2.27. The molecule has 0 unspecified atom stereocenters. The van der Waals surface area contributed by atoms with Gasteiger partial charge in [-0.15, -0.1) is 0 Å². The number of aromatic nitrogens is 1. The van der Waals surface area contributed by atoms with E-state index in [4.69, 9.17) is 4.42 Å². The van der Waals surface area contributed by atoms with Crippen LogP contribution in [0.1, 0.15) is 105 Å². The zero-order valence-corrected chi connectivity index (χ0v) is 26.8. The van der Waals surface area contributed by atoms with Gasteiger partial charge in [0, 0.05) is 11.6 Å². The van der Waals surface area contributed by atoms with E-state index in [0.717, 1.165) is 16.6 Å². The number of oxazole rings is 1. The molecule has 0 spiro atoms. The Hall–Kier alpha value is -3.67. The van der Waals surface area contributed by atoms with Gasteiger partial charge in [0.25, 0.3) is 5.69 Å². The lowest BCUT2D eigenvalue weighted by Gasteiger charge is -2.25. The number of benzene rings is 3. The number of aromatic hydroxyl groups is 1. The highest BCUT2D eigenvalue weighted by atomic mass is 16.6. The largest absolute Gasteiger partial charge is 0.508 e. The molecule has 1 heterocycles. The van der Waals surface area contributed by atoms with Gasteiger partial charge in [0.15, 0.2) is 5.58 Å². The molecule has 6 heteroatoms. The number of para-hydroxylation sites is 1. The van der Waals surface area contributed by atoms with Crippen molar-refractivity contribution in [1.29, 1.82) is 0 Å². The first-order valence-electron chi connectivity index (χ1n) is 14.1. The Balaban J connectivity index is 0.000000263. The number of nitro benzene ring substituents is 1. The first kappa shape index (κ1) is 31.9. The minimum Gasteiger partial charge on any atom is -0.508 e. The third-order valence-electron chi connectivity index (χ3n) is 7.15. The molecule has 0 bridgehead atoms. The quantitative estimate of drug-likeness (QED) is 0.195. The molecule has 0 radical (unpaired) electrons. The van der Waals surface area contributed by atoms with E-state index in [-0.39, 0.29) is 33.2 Å². The predicted octanol–water partition coefficient (Wildman–Crippen LogP) is 9.99. The lowest BCUT2D eigenvalue weighted by Crippen LogP contribution is -2.16. The van der Waals surface area contributed by atoms with Gasteiger partial charge in [0.05, 0.1) is 4.92 Å². The third kappa shape index (κ3) is 7.55. The van der Waals surface area contributed by atoms with E-state index >= 15 is 0 Å². The van der Waals surface area contributed by atoms with Crippen molar-refractivity contribution in [2.24, 2.45) is 0 Å². The Kier molecular flexibility index (Phi) is 8.51. The molecule has 4 rings (SSSR count). The van der Waals surface area contributed by atoms with Crippen molar-refractivity contribution in [2.45, 2.75) is 105 Å². The topological polar surface area (TPSA) is 89.4 Å². The van der Waals surface area contributed by atoms with Crippen LogP contribution in [0.15, 0.2) is 59.0 Å². The molecule has 0 fully saturated rings. The minimum absolute atomic E-state index is 0.00703. The number of nitrogens with zero attached hydrogens (tertiary/aromatic N) is 2. The summed E-state index contributed by atoms with van der Waals surface area (Å²) in [6, 6.07) is 16.6. The van der Waals surface area contributed by atoms with Crippen LogP contribution in [-0.4, -0.2) is 15.0 Å². The number of hydrogen-bond donors (Lipinski definition) is 1. The van der Waals surface area contributed by atoms with Crippen molar-refractivity contribution in [3.63, 3.8) is 0 Å². The second-order valence-electron chi connectivity index (χ2n) is 14.9. The third-order valence-corrected chi connectivity index (χ3v) is 7.15. The van der Waals surface area contributed by atoms with Gasteiger partial charge in [-0.05, 0) is 62.6 Å². The fourth-order valence-electron chi connectivity index (χ4n) is 4.43. The summed E-state index contributed by atoms with van der Waals surface area (Å²) in [6.45, 7) is 25.8. The Morgan fingerprint density at radius 1 is 0.707 bits per heavy atom. The van der Waals surface area contributed by atoms with Crippen molar-refractivity contribution >= 4 is 16.8 Å².